The first-order valence-corrected chi connectivity index (χ1v) is 13.6. The molecule has 2 saturated carbocycles. The minimum Gasteiger partial charge on any atom is -0.497 e. The number of rotatable bonds is 8. The highest BCUT2D eigenvalue weighted by Crippen LogP contribution is 2.61. The van der Waals surface area contributed by atoms with Crippen LogP contribution in [0.2, 0.25) is 0 Å². The fraction of sp³-hybridized carbons (Fsp3) is 0.312. The molecule has 3 fully saturated rings. The van der Waals surface area contributed by atoms with Gasteiger partial charge in [-0.1, -0.05) is 36.4 Å². The largest absolute Gasteiger partial charge is 0.497 e. The van der Waals surface area contributed by atoms with Gasteiger partial charge < -0.3 is 19.5 Å². The molecule has 1 N–H and O–H groups in total. The number of imide groups is 1. The number of methoxy groups -OCH3 is 2. The predicted octanol–water partition coefficient (Wildman–Crippen LogP) is 4.43. The number of hydrogen-bond donors (Lipinski definition) is 1. The van der Waals surface area contributed by atoms with Gasteiger partial charge in [0.1, 0.15) is 11.5 Å². The van der Waals surface area contributed by atoms with Crippen molar-refractivity contribution in [3.63, 3.8) is 0 Å². The Balaban J connectivity index is 1.12. The van der Waals surface area contributed by atoms with E-state index in [-0.39, 0.29) is 47.0 Å². The van der Waals surface area contributed by atoms with Crippen LogP contribution in [0.25, 0.3) is 0 Å². The molecule has 3 aromatic carbocycles. The van der Waals surface area contributed by atoms with Crippen molar-refractivity contribution in [1.82, 2.24) is 0 Å². The van der Waals surface area contributed by atoms with Gasteiger partial charge in [-0.05, 0) is 66.5 Å². The normalized spacial score (nSPS) is 24.2. The first-order chi connectivity index (χ1) is 19.9. The van der Waals surface area contributed by atoms with Gasteiger partial charge in [-0.25, -0.2) is 4.79 Å². The van der Waals surface area contributed by atoms with Crippen LogP contribution in [-0.4, -0.2) is 44.5 Å². The van der Waals surface area contributed by atoms with E-state index in [9.17, 15) is 19.2 Å². The zero-order chi connectivity index (χ0) is 28.7. The van der Waals surface area contributed by atoms with Crippen molar-refractivity contribution in [2.45, 2.75) is 18.8 Å². The van der Waals surface area contributed by atoms with Crippen molar-refractivity contribution in [3.8, 4) is 11.5 Å². The van der Waals surface area contributed by atoms with Gasteiger partial charge in [0.05, 0.1) is 43.0 Å². The molecule has 0 spiro atoms. The number of ether oxygens (including phenoxy) is 3. The molecule has 9 nitrogen and oxygen atoms in total. The number of nitrogens with zero attached hydrogens (tertiary/aromatic N) is 1. The van der Waals surface area contributed by atoms with Crippen LogP contribution in [0.15, 0.2) is 72.8 Å². The molecule has 2 aliphatic carbocycles. The van der Waals surface area contributed by atoms with Crippen LogP contribution in [-0.2, 0) is 19.1 Å². The van der Waals surface area contributed by atoms with Crippen LogP contribution in [0.5, 0.6) is 11.5 Å². The number of hydrogen-bond acceptors (Lipinski definition) is 7. The lowest BCUT2D eigenvalue weighted by Gasteiger charge is -2.28. The predicted molar refractivity (Wildman–Crippen MR) is 150 cm³/mol. The van der Waals surface area contributed by atoms with Crippen LogP contribution < -0.4 is 19.7 Å². The summed E-state index contributed by atoms with van der Waals surface area (Å²) in [6, 6.07) is 21.3. The maximum absolute atomic E-state index is 13.6. The summed E-state index contributed by atoms with van der Waals surface area (Å²) in [5.74, 6) is -0.835. The molecule has 41 heavy (non-hydrogen) atoms. The van der Waals surface area contributed by atoms with Gasteiger partial charge in [-0.15, -0.1) is 0 Å². The molecule has 0 aromatic heterocycles. The second-order valence-corrected chi connectivity index (χ2v) is 10.7. The van der Waals surface area contributed by atoms with Crippen molar-refractivity contribution >= 4 is 35.1 Å². The Morgan fingerprint density at radius 3 is 2.41 bits per heavy atom. The molecule has 210 valence electrons. The summed E-state index contributed by atoms with van der Waals surface area (Å²) >= 11 is 0. The first-order valence-electron chi connectivity index (χ1n) is 13.6. The van der Waals surface area contributed by atoms with E-state index in [0.717, 1.165) is 12.8 Å². The molecule has 5 atom stereocenters. The molecule has 0 radical (unpaired) electrons. The number of benzene rings is 3. The van der Waals surface area contributed by atoms with Crippen molar-refractivity contribution in [1.29, 1.82) is 0 Å². The Labute approximate surface area is 237 Å². The molecular weight excluding hydrogens is 524 g/mol. The standard InChI is InChI=1S/C32H30N2O7/c1-39-22-11-12-25(26(16-22)40-2)33-27(35)17-41-32(38)19-9-6-10-21(13-19)34-30(36)28-20-14-23(18-7-4-3-5-8-18)24(15-20)29(28)31(34)37/h3-13,16,20,23-24,28-29H,14-15,17H2,1-2H3,(H,33,35)/t20-,23+,24+,28+,29-/m0/s1. The van der Waals surface area contributed by atoms with Crippen molar-refractivity contribution in [2.75, 3.05) is 31.0 Å². The summed E-state index contributed by atoms with van der Waals surface area (Å²) in [5, 5.41) is 2.65. The fourth-order valence-electron chi connectivity index (χ4n) is 6.87. The molecule has 3 amide bonds. The fourth-order valence-corrected chi connectivity index (χ4v) is 6.87. The smallest absolute Gasteiger partial charge is 0.338 e. The third kappa shape index (κ3) is 4.71. The quantitative estimate of drug-likeness (QED) is 0.324. The Morgan fingerprint density at radius 1 is 0.878 bits per heavy atom. The number of carbonyl (C=O) groups is 4. The van der Waals surface area contributed by atoms with E-state index in [1.165, 1.54) is 36.8 Å². The van der Waals surface area contributed by atoms with E-state index in [1.807, 2.05) is 18.2 Å². The minimum absolute atomic E-state index is 0.129. The van der Waals surface area contributed by atoms with Crippen molar-refractivity contribution in [2.24, 2.45) is 23.7 Å². The SMILES string of the molecule is COc1ccc(NC(=O)COC(=O)c2cccc(N3C(=O)[C@@H]4[C@@H]5C[C@@H]([C@@H]4C3=O)[C@@H](c3ccccc3)C5)c2)c(OC)c1. The number of carbonyl (C=O) groups excluding carboxylic acids is 4. The maximum Gasteiger partial charge on any atom is 0.338 e. The van der Waals surface area contributed by atoms with Gasteiger partial charge in [0.25, 0.3) is 5.91 Å². The van der Waals surface area contributed by atoms with Gasteiger partial charge in [0.15, 0.2) is 6.61 Å². The molecule has 1 aliphatic heterocycles. The minimum atomic E-state index is -0.743. The Bertz CT molecular complexity index is 1520. The Hall–Kier alpha value is -4.66. The van der Waals surface area contributed by atoms with Gasteiger partial charge in [-0.3, -0.25) is 19.3 Å². The molecular formula is C32H30N2O7. The van der Waals surface area contributed by atoms with E-state index in [2.05, 4.69) is 17.4 Å². The van der Waals surface area contributed by atoms with Gasteiger partial charge in [-0.2, -0.15) is 0 Å². The lowest BCUT2D eigenvalue weighted by molar-refractivity contribution is -0.123. The molecule has 9 heteroatoms. The average Bonchev–Trinajstić information content (AvgIpc) is 3.67. The van der Waals surface area contributed by atoms with Crippen molar-refractivity contribution < 1.29 is 33.4 Å². The van der Waals surface area contributed by atoms with E-state index in [1.54, 1.807) is 30.3 Å². The van der Waals surface area contributed by atoms with Gasteiger partial charge >= 0.3 is 5.97 Å². The topological polar surface area (TPSA) is 111 Å². The van der Waals surface area contributed by atoms with Crippen LogP contribution in [0.4, 0.5) is 11.4 Å². The zero-order valence-corrected chi connectivity index (χ0v) is 22.7. The highest BCUT2D eigenvalue weighted by molar-refractivity contribution is 6.23. The second-order valence-electron chi connectivity index (χ2n) is 10.7. The van der Waals surface area contributed by atoms with Crippen LogP contribution in [0.3, 0.4) is 0 Å². The number of nitrogens with one attached hydrogen (secondary N) is 1. The molecule has 0 unspecified atom stereocenters. The summed E-state index contributed by atoms with van der Waals surface area (Å²) < 4.78 is 15.7. The zero-order valence-electron chi connectivity index (χ0n) is 22.7. The molecule has 3 aromatic rings. The lowest BCUT2D eigenvalue weighted by Crippen LogP contribution is -2.33. The van der Waals surface area contributed by atoms with E-state index < -0.39 is 18.5 Å². The third-order valence-corrected chi connectivity index (χ3v) is 8.60. The van der Waals surface area contributed by atoms with E-state index >= 15 is 0 Å². The third-order valence-electron chi connectivity index (χ3n) is 8.60. The summed E-state index contributed by atoms with van der Waals surface area (Å²) in [6.07, 6.45) is 1.79. The van der Waals surface area contributed by atoms with Gasteiger partial charge in [0, 0.05) is 6.07 Å². The van der Waals surface area contributed by atoms with Crippen molar-refractivity contribution in [3.05, 3.63) is 83.9 Å². The molecule has 1 saturated heterocycles. The number of amides is 3. The van der Waals surface area contributed by atoms with Crippen LogP contribution >= 0.6 is 0 Å². The summed E-state index contributed by atoms with van der Waals surface area (Å²) in [4.78, 5) is 53.7. The van der Waals surface area contributed by atoms with E-state index in [4.69, 9.17) is 14.2 Å². The first kappa shape index (κ1) is 26.6. The molecule has 6 rings (SSSR count). The molecule has 3 aliphatic rings. The molecule has 1 heterocycles. The van der Waals surface area contributed by atoms with E-state index in [0.29, 0.717) is 22.9 Å². The number of fused-ring (bicyclic) bond motifs is 5. The Morgan fingerprint density at radius 2 is 1.66 bits per heavy atom. The second kappa shape index (κ2) is 10.7. The number of esters is 1. The lowest BCUT2D eigenvalue weighted by atomic mass is 9.73. The highest BCUT2D eigenvalue weighted by Gasteiger charge is 2.64. The molecule has 2 bridgehead atoms. The van der Waals surface area contributed by atoms with Crippen LogP contribution in [0.1, 0.15) is 34.7 Å². The summed E-state index contributed by atoms with van der Waals surface area (Å²) in [6.45, 7) is -0.534. The monoisotopic (exact) mass is 554 g/mol. The van der Waals surface area contributed by atoms with Crippen LogP contribution in [0, 0.1) is 23.7 Å². The average molecular weight is 555 g/mol. The highest BCUT2D eigenvalue weighted by atomic mass is 16.5. The number of anilines is 2. The summed E-state index contributed by atoms with van der Waals surface area (Å²) in [7, 11) is 2.99. The maximum atomic E-state index is 13.6. The van der Waals surface area contributed by atoms with Gasteiger partial charge in [0.2, 0.25) is 11.8 Å². The summed E-state index contributed by atoms with van der Waals surface area (Å²) in [5.41, 5.74) is 2.10. The Kier molecular flexibility index (Phi) is 6.95.